The lowest BCUT2D eigenvalue weighted by Gasteiger charge is -2.27. The molecule has 0 aliphatic carbocycles. The van der Waals surface area contributed by atoms with Crippen LogP contribution in [0.2, 0.25) is 0 Å². The largest absolute Gasteiger partial charge is 0.388 e. The van der Waals surface area contributed by atoms with Crippen molar-refractivity contribution >= 4 is 0 Å². The molecule has 3 N–H and O–H groups in total. The van der Waals surface area contributed by atoms with Crippen molar-refractivity contribution in [2.45, 2.75) is 38.8 Å². The Balaban J connectivity index is 2.78. The van der Waals surface area contributed by atoms with Gasteiger partial charge in [0.2, 0.25) is 0 Å². The molecule has 0 aliphatic rings. The average molecular weight is 193 g/mol. The minimum Gasteiger partial charge on any atom is -0.388 e. The fourth-order valence-corrected chi connectivity index (χ4v) is 1.40. The van der Waals surface area contributed by atoms with Crippen molar-refractivity contribution in [1.29, 1.82) is 0 Å². The fourth-order valence-electron chi connectivity index (χ4n) is 1.40. The number of aliphatic hydroxyl groups is 1. The predicted molar refractivity (Wildman–Crippen MR) is 59.2 cm³/mol. The maximum absolute atomic E-state index is 10.0. The third kappa shape index (κ3) is 2.82. The molecule has 0 aliphatic heterocycles. The normalized spacial score (nSPS) is 17.5. The van der Waals surface area contributed by atoms with Gasteiger partial charge >= 0.3 is 0 Å². The van der Waals surface area contributed by atoms with Gasteiger partial charge in [-0.2, -0.15) is 0 Å². The van der Waals surface area contributed by atoms with Gasteiger partial charge in [0.05, 0.1) is 5.60 Å². The molecule has 78 valence electrons. The van der Waals surface area contributed by atoms with Gasteiger partial charge in [-0.15, -0.1) is 0 Å². The van der Waals surface area contributed by atoms with E-state index in [0.717, 1.165) is 5.56 Å². The lowest BCUT2D eigenvalue weighted by atomic mass is 9.90. The predicted octanol–water partition coefficient (Wildman–Crippen LogP) is 1.64. The Morgan fingerprint density at radius 1 is 1.50 bits per heavy atom. The van der Waals surface area contributed by atoms with Gasteiger partial charge in [-0.1, -0.05) is 29.8 Å². The Morgan fingerprint density at radius 3 is 2.64 bits per heavy atom. The Kier molecular flexibility index (Phi) is 3.29. The molecule has 2 nitrogen and oxygen atoms in total. The summed E-state index contributed by atoms with van der Waals surface area (Å²) in [6.07, 6.45) is 0.604. The summed E-state index contributed by atoms with van der Waals surface area (Å²) in [6.45, 7) is 5.65. The summed E-state index contributed by atoms with van der Waals surface area (Å²) in [7, 11) is 0. The molecular formula is C12H19NO. The lowest BCUT2D eigenvalue weighted by molar-refractivity contribution is 0.0389. The van der Waals surface area contributed by atoms with Crippen molar-refractivity contribution in [2.75, 3.05) is 0 Å². The van der Waals surface area contributed by atoms with Crippen LogP contribution in [0.1, 0.15) is 25.0 Å². The zero-order chi connectivity index (χ0) is 10.8. The molecule has 2 unspecified atom stereocenters. The van der Waals surface area contributed by atoms with Gasteiger partial charge in [0.25, 0.3) is 0 Å². The lowest BCUT2D eigenvalue weighted by Crippen LogP contribution is -2.45. The van der Waals surface area contributed by atoms with Crippen LogP contribution in [0.4, 0.5) is 0 Å². The van der Waals surface area contributed by atoms with E-state index in [9.17, 15) is 5.11 Å². The van der Waals surface area contributed by atoms with Gasteiger partial charge in [0, 0.05) is 12.5 Å². The van der Waals surface area contributed by atoms with Gasteiger partial charge in [-0.3, -0.25) is 0 Å². The molecule has 0 spiro atoms. The second-order valence-corrected chi connectivity index (χ2v) is 4.31. The maximum atomic E-state index is 10.0. The topological polar surface area (TPSA) is 46.2 Å². The van der Waals surface area contributed by atoms with Crippen LogP contribution < -0.4 is 5.73 Å². The highest BCUT2D eigenvalue weighted by atomic mass is 16.3. The summed E-state index contributed by atoms with van der Waals surface area (Å²) in [5.74, 6) is 0. The minimum absolute atomic E-state index is 0.219. The monoisotopic (exact) mass is 193 g/mol. The number of hydrogen-bond donors (Lipinski definition) is 2. The Labute approximate surface area is 85.8 Å². The van der Waals surface area contributed by atoms with Crippen molar-refractivity contribution in [3.63, 3.8) is 0 Å². The van der Waals surface area contributed by atoms with E-state index in [1.54, 1.807) is 6.92 Å². The first kappa shape index (κ1) is 11.2. The van der Waals surface area contributed by atoms with Crippen LogP contribution in [0.3, 0.4) is 0 Å². The fraction of sp³-hybridized carbons (Fsp3) is 0.500. The van der Waals surface area contributed by atoms with Crippen molar-refractivity contribution in [2.24, 2.45) is 5.73 Å². The summed E-state index contributed by atoms with van der Waals surface area (Å²) in [5, 5.41) is 10.0. The van der Waals surface area contributed by atoms with Gasteiger partial charge in [-0.25, -0.2) is 0 Å². The van der Waals surface area contributed by atoms with E-state index in [0.29, 0.717) is 6.42 Å². The number of benzene rings is 1. The van der Waals surface area contributed by atoms with E-state index >= 15 is 0 Å². The van der Waals surface area contributed by atoms with Crippen LogP contribution in [-0.2, 0) is 6.42 Å². The standard InChI is InChI=1S/C12H19NO/c1-9-5-4-6-11(7-9)8-12(3,14)10(2)13/h4-7,10,14H,8,13H2,1-3H3. The van der Waals surface area contributed by atoms with Crippen LogP contribution in [0.15, 0.2) is 24.3 Å². The Hall–Kier alpha value is -0.860. The van der Waals surface area contributed by atoms with Crippen LogP contribution in [0.5, 0.6) is 0 Å². The molecule has 1 rings (SSSR count). The highest BCUT2D eigenvalue weighted by molar-refractivity contribution is 5.23. The molecule has 2 atom stereocenters. The van der Waals surface area contributed by atoms with Crippen molar-refractivity contribution in [1.82, 2.24) is 0 Å². The molecule has 1 aromatic rings. The first-order valence-corrected chi connectivity index (χ1v) is 4.95. The number of rotatable bonds is 3. The highest BCUT2D eigenvalue weighted by Crippen LogP contribution is 2.16. The number of hydrogen-bond acceptors (Lipinski definition) is 2. The quantitative estimate of drug-likeness (QED) is 0.766. The summed E-state index contributed by atoms with van der Waals surface area (Å²) in [5.41, 5.74) is 7.22. The summed E-state index contributed by atoms with van der Waals surface area (Å²) < 4.78 is 0. The molecule has 0 heterocycles. The molecule has 14 heavy (non-hydrogen) atoms. The zero-order valence-electron chi connectivity index (χ0n) is 9.12. The van der Waals surface area contributed by atoms with Crippen LogP contribution in [0, 0.1) is 6.92 Å². The number of nitrogens with two attached hydrogens (primary N) is 1. The molecule has 0 bridgehead atoms. The van der Waals surface area contributed by atoms with Gasteiger partial charge in [0.1, 0.15) is 0 Å². The molecule has 0 saturated carbocycles. The van der Waals surface area contributed by atoms with E-state index < -0.39 is 5.60 Å². The van der Waals surface area contributed by atoms with Crippen LogP contribution >= 0.6 is 0 Å². The summed E-state index contributed by atoms with van der Waals surface area (Å²) in [6, 6.07) is 7.93. The molecule has 0 aromatic heterocycles. The first-order chi connectivity index (χ1) is 6.42. The Morgan fingerprint density at radius 2 is 2.14 bits per heavy atom. The van der Waals surface area contributed by atoms with Gasteiger partial charge < -0.3 is 10.8 Å². The third-order valence-corrected chi connectivity index (χ3v) is 2.63. The molecule has 0 saturated heterocycles. The molecular weight excluding hydrogens is 174 g/mol. The minimum atomic E-state index is -0.826. The number of aryl methyl sites for hydroxylation is 1. The van der Waals surface area contributed by atoms with Gasteiger partial charge in [0.15, 0.2) is 0 Å². The van der Waals surface area contributed by atoms with E-state index in [2.05, 4.69) is 6.07 Å². The summed E-state index contributed by atoms with van der Waals surface area (Å²) in [4.78, 5) is 0. The van der Waals surface area contributed by atoms with E-state index in [1.807, 2.05) is 32.0 Å². The van der Waals surface area contributed by atoms with Crippen molar-refractivity contribution in [3.8, 4) is 0 Å². The van der Waals surface area contributed by atoms with E-state index in [4.69, 9.17) is 5.73 Å². The van der Waals surface area contributed by atoms with Crippen molar-refractivity contribution < 1.29 is 5.11 Å². The van der Waals surface area contributed by atoms with Crippen LogP contribution in [0.25, 0.3) is 0 Å². The maximum Gasteiger partial charge on any atom is 0.0807 e. The van der Waals surface area contributed by atoms with E-state index in [1.165, 1.54) is 5.56 Å². The van der Waals surface area contributed by atoms with E-state index in [-0.39, 0.29) is 6.04 Å². The second-order valence-electron chi connectivity index (χ2n) is 4.31. The second kappa shape index (κ2) is 4.11. The first-order valence-electron chi connectivity index (χ1n) is 4.95. The molecule has 0 radical (unpaired) electrons. The summed E-state index contributed by atoms with van der Waals surface area (Å²) >= 11 is 0. The molecule has 2 heteroatoms. The average Bonchev–Trinajstić information content (AvgIpc) is 2.02. The van der Waals surface area contributed by atoms with Crippen LogP contribution in [-0.4, -0.2) is 16.7 Å². The highest BCUT2D eigenvalue weighted by Gasteiger charge is 2.25. The third-order valence-electron chi connectivity index (χ3n) is 2.63. The molecule has 0 fully saturated rings. The van der Waals surface area contributed by atoms with Gasteiger partial charge in [-0.05, 0) is 26.3 Å². The smallest absolute Gasteiger partial charge is 0.0807 e. The molecule has 1 aromatic carbocycles. The SMILES string of the molecule is Cc1cccc(CC(C)(O)C(C)N)c1. The Bertz CT molecular complexity index is 305. The zero-order valence-corrected chi connectivity index (χ0v) is 9.12. The molecule has 0 amide bonds. The van der Waals surface area contributed by atoms with Crippen molar-refractivity contribution in [3.05, 3.63) is 35.4 Å².